The number of piperidine rings is 1. The molecule has 2 unspecified atom stereocenters. The normalized spacial score (nSPS) is 21.9. The molecular weight excluding hydrogens is 487 g/mol. The summed E-state index contributed by atoms with van der Waals surface area (Å²) in [5.74, 6) is 2.79. The highest BCUT2D eigenvalue weighted by Gasteiger charge is 2.37. The minimum atomic E-state index is 0. The number of likely N-dealkylation sites (tertiary alicyclic amines) is 1. The zero-order chi connectivity index (χ0) is 20.6. The Balaban J connectivity index is 0.00000320. The largest absolute Gasteiger partial charge is 0.357 e. The van der Waals surface area contributed by atoms with Gasteiger partial charge in [-0.15, -0.1) is 24.0 Å². The van der Waals surface area contributed by atoms with Crippen molar-refractivity contribution in [2.24, 2.45) is 16.8 Å². The maximum absolute atomic E-state index is 12.6. The van der Waals surface area contributed by atoms with E-state index in [1.54, 1.807) is 0 Å². The van der Waals surface area contributed by atoms with Crippen LogP contribution < -0.4 is 10.6 Å². The zero-order valence-corrected chi connectivity index (χ0v) is 21.1. The number of guanidine groups is 1. The second-order valence-electron chi connectivity index (χ2n) is 8.49. The third-order valence-electron chi connectivity index (χ3n) is 6.46. The molecule has 0 bridgehead atoms. The molecule has 1 saturated heterocycles. The molecule has 2 atom stereocenters. The van der Waals surface area contributed by atoms with E-state index >= 15 is 0 Å². The second kappa shape index (κ2) is 12.5. The number of halogens is 1. The summed E-state index contributed by atoms with van der Waals surface area (Å²) >= 11 is 0. The molecule has 1 aliphatic heterocycles. The van der Waals surface area contributed by atoms with Crippen LogP contribution in [0.15, 0.2) is 35.3 Å². The minimum absolute atomic E-state index is 0. The van der Waals surface area contributed by atoms with Gasteiger partial charge in [0.05, 0.1) is 0 Å². The van der Waals surface area contributed by atoms with E-state index in [2.05, 4.69) is 66.6 Å². The molecule has 5 nitrogen and oxygen atoms in total. The summed E-state index contributed by atoms with van der Waals surface area (Å²) in [5, 5.41) is 7.01. The summed E-state index contributed by atoms with van der Waals surface area (Å²) in [4.78, 5) is 19.5. The molecule has 1 heterocycles. The van der Waals surface area contributed by atoms with Crippen LogP contribution in [0.5, 0.6) is 0 Å². The SMILES string of the molecule is CCNC(=NCC1CC1c1ccccc1)NC1CCN(C(=O)C(CC)CC)CC1.I. The van der Waals surface area contributed by atoms with Gasteiger partial charge in [0, 0.05) is 38.1 Å². The summed E-state index contributed by atoms with van der Waals surface area (Å²) in [6.07, 6.45) is 5.11. The van der Waals surface area contributed by atoms with Gasteiger partial charge >= 0.3 is 0 Å². The Bertz CT molecular complexity index is 669. The zero-order valence-electron chi connectivity index (χ0n) is 18.8. The van der Waals surface area contributed by atoms with E-state index in [9.17, 15) is 4.79 Å². The maximum atomic E-state index is 12.6. The Labute approximate surface area is 199 Å². The van der Waals surface area contributed by atoms with E-state index in [0.717, 1.165) is 57.8 Å². The molecule has 1 saturated carbocycles. The van der Waals surface area contributed by atoms with Crippen LogP contribution in [0.3, 0.4) is 0 Å². The van der Waals surface area contributed by atoms with Crippen molar-refractivity contribution in [2.75, 3.05) is 26.2 Å². The van der Waals surface area contributed by atoms with Gasteiger partial charge < -0.3 is 15.5 Å². The van der Waals surface area contributed by atoms with Gasteiger partial charge in [0.1, 0.15) is 0 Å². The van der Waals surface area contributed by atoms with Crippen molar-refractivity contribution >= 4 is 35.8 Å². The number of benzene rings is 1. The number of aliphatic imine (C=N–C) groups is 1. The number of nitrogens with one attached hydrogen (secondary N) is 2. The van der Waals surface area contributed by atoms with Crippen LogP contribution in [0.2, 0.25) is 0 Å². The average molecular weight is 527 g/mol. The van der Waals surface area contributed by atoms with Crippen LogP contribution in [-0.2, 0) is 4.79 Å². The van der Waals surface area contributed by atoms with Gasteiger partial charge in [0.15, 0.2) is 5.96 Å². The average Bonchev–Trinajstić information content (AvgIpc) is 3.54. The molecule has 0 spiro atoms. The van der Waals surface area contributed by atoms with E-state index in [1.165, 1.54) is 12.0 Å². The van der Waals surface area contributed by atoms with E-state index in [4.69, 9.17) is 4.99 Å². The maximum Gasteiger partial charge on any atom is 0.225 e. The molecule has 1 aliphatic carbocycles. The van der Waals surface area contributed by atoms with Crippen molar-refractivity contribution in [2.45, 2.75) is 64.8 Å². The number of rotatable bonds is 8. The first-order valence-electron chi connectivity index (χ1n) is 11.5. The fourth-order valence-electron chi connectivity index (χ4n) is 4.42. The van der Waals surface area contributed by atoms with Crippen molar-refractivity contribution < 1.29 is 4.79 Å². The monoisotopic (exact) mass is 526 g/mol. The van der Waals surface area contributed by atoms with Crippen molar-refractivity contribution in [1.82, 2.24) is 15.5 Å². The van der Waals surface area contributed by atoms with Crippen molar-refractivity contribution in [3.8, 4) is 0 Å². The molecule has 2 N–H and O–H groups in total. The highest BCUT2D eigenvalue weighted by atomic mass is 127. The minimum Gasteiger partial charge on any atom is -0.357 e. The standard InChI is InChI=1S/C24H38N4O.HI/c1-4-18(5-2)23(29)28-14-12-21(13-15-28)27-24(25-6-3)26-17-20-16-22(20)19-10-8-7-9-11-19;/h7-11,18,20-22H,4-6,12-17H2,1-3H3,(H2,25,26,27);1H. The molecule has 1 amide bonds. The summed E-state index contributed by atoms with van der Waals surface area (Å²) in [6, 6.07) is 11.2. The molecule has 1 aromatic rings. The highest BCUT2D eigenvalue weighted by Crippen LogP contribution is 2.47. The van der Waals surface area contributed by atoms with E-state index in [0.29, 0.717) is 23.8 Å². The van der Waals surface area contributed by atoms with Gasteiger partial charge in [0.2, 0.25) is 5.91 Å². The van der Waals surface area contributed by atoms with Crippen molar-refractivity contribution in [3.05, 3.63) is 35.9 Å². The Morgan fingerprint density at radius 1 is 1.13 bits per heavy atom. The summed E-state index contributed by atoms with van der Waals surface area (Å²) in [5.41, 5.74) is 1.44. The first-order chi connectivity index (χ1) is 14.2. The van der Waals surface area contributed by atoms with Crippen molar-refractivity contribution in [3.63, 3.8) is 0 Å². The lowest BCUT2D eigenvalue weighted by Gasteiger charge is -2.34. The van der Waals surface area contributed by atoms with Gasteiger partial charge in [-0.2, -0.15) is 0 Å². The molecule has 0 aromatic heterocycles. The van der Waals surface area contributed by atoms with Crippen LogP contribution in [-0.4, -0.2) is 49.0 Å². The lowest BCUT2D eigenvalue weighted by Crippen LogP contribution is -2.50. The lowest BCUT2D eigenvalue weighted by molar-refractivity contribution is -0.136. The van der Waals surface area contributed by atoms with E-state index in [-0.39, 0.29) is 29.9 Å². The predicted octanol–water partition coefficient (Wildman–Crippen LogP) is 4.39. The fourth-order valence-corrected chi connectivity index (χ4v) is 4.42. The fraction of sp³-hybridized carbons (Fsp3) is 0.667. The molecule has 2 fully saturated rings. The number of hydrogen-bond donors (Lipinski definition) is 2. The number of amides is 1. The van der Waals surface area contributed by atoms with Crippen LogP contribution in [0.4, 0.5) is 0 Å². The summed E-state index contributed by atoms with van der Waals surface area (Å²) in [6.45, 7) is 9.78. The van der Waals surface area contributed by atoms with Crippen LogP contribution in [0.25, 0.3) is 0 Å². The molecule has 6 heteroatoms. The number of carbonyl (C=O) groups is 1. The van der Waals surface area contributed by atoms with E-state index in [1.807, 2.05) is 0 Å². The number of nitrogens with zero attached hydrogens (tertiary/aromatic N) is 2. The molecular formula is C24H39IN4O. The number of hydrogen-bond acceptors (Lipinski definition) is 2. The van der Waals surface area contributed by atoms with Gasteiger partial charge in [-0.05, 0) is 56.4 Å². The van der Waals surface area contributed by atoms with Gasteiger partial charge in [-0.1, -0.05) is 44.2 Å². The van der Waals surface area contributed by atoms with Crippen LogP contribution in [0.1, 0.15) is 64.4 Å². The predicted molar refractivity (Wildman–Crippen MR) is 135 cm³/mol. The van der Waals surface area contributed by atoms with Crippen LogP contribution in [0, 0.1) is 11.8 Å². The molecule has 2 aliphatic rings. The Morgan fingerprint density at radius 3 is 2.40 bits per heavy atom. The first-order valence-corrected chi connectivity index (χ1v) is 11.5. The topological polar surface area (TPSA) is 56.7 Å². The smallest absolute Gasteiger partial charge is 0.225 e. The summed E-state index contributed by atoms with van der Waals surface area (Å²) < 4.78 is 0. The Morgan fingerprint density at radius 2 is 1.80 bits per heavy atom. The highest BCUT2D eigenvalue weighted by molar-refractivity contribution is 14.0. The van der Waals surface area contributed by atoms with E-state index < -0.39 is 0 Å². The molecule has 168 valence electrons. The quantitative estimate of drug-likeness (QED) is 0.300. The van der Waals surface area contributed by atoms with Gasteiger partial charge in [0.25, 0.3) is 0 Å². The molecule has 1 aromatic carbocycles. The van der Waals surface area contributed by atoms with Gasteiger partial charge in [-0.3, -0.25) is 9.79 Å². The Hall–Kier alpha value is -1.31. The third kappa shape index (κ3) is 6.86. The first kappa shape index (κ1) is 25.0. The number of carbonyl (C=O) groups excluding carboxylic acids is 1. The Kier molecular flexibility index (Phi) is 10.4. The van der Waals surface area contributed by atoms with Crippen molar-refractivity contribution in [1.29, 1.82) is 0 Å². The molecule has 3 rings (SSSR count). The lowest BCUT2D eigenvalue weighted by atomic mass is 9.98. The second-order valence-corrected chi connectivity index (χ2v) is 8.49. The molecule has 30 heavy (non-hydrogen) atoms. The third-order valence-corrected chi connectivity index (χ3v) is 6.46. The van der Waals surface area contributed by atoms with Gasteiger partial charge in [-0.25, -0.2) is 0 Å². The summed E-state index contributed by atoms with van der Waals surface area (Å²) in [7, 11) is 0. The molecule has 0 radical (unpaired) electrons. The van der Waals surface area contributed by atoms with Crippen LogP contribution >= 0.6 is 24.0 Å².